The van der Waals surface area contributed by atoms with Gasteiger partial charge in [0.05, 0.1) is 6.54 Å². The lowest BCUT2D eigenvalue weighted by Crippen LogP contribution is -2.37. The lowest BCUT2D eigenvalue weighted by atomic mass is 10.2. The molecule has 0 amide bonds. The molecule has 2 heterocycles. The van der Waals surface area contributed by atoms with E-state index < -0.39 is 0 Å². The second-order valence-electron chi connectivity index (χ2n) is 4.17. The molecule has 2 nitrogen and oxygen atoms in total. The van der Waals surface area contributed by atoms with Crippen LogP contribution < -0.4 is 5.32 Å². The maximum atomic E-state index is 4.71. The molecule has 2 unspecified atom stereocenters. The number of thioether (sulfide) groups is 2. The van der Waals surface area contributed by atoms with Crippen LogP contribution in [-0.4, -0.2) is 34.5 Å². The van der Waals surface area contributed by atoms with Crippen molar-refractivity contribution < 1.29 is 0 Å². The van der Waals surface area contributed by atoms with Gasteiger partial charge in [0.1, 0.15) is 0 Å². The summed E-state index contributed by atoms with van der Waals surface area (Å²) in [6, 6.07) is 0.668. The lowest BCUT2D eigenvalue weighted by molar-refractivity contribution is 0.570. The molecule has 0 radical (unpaired) electrons. The molecular formula is C11H20N2S2. The normalized spacial score (nSPS) is 34.3. The Morgan fingerprint density at radius 1 is 1.40 bits per heavy atom. The Morgan fingerprint density at radius 2 is 2.33 bits per heavy atom. The second kappa shape index (κ2) is 6.04. The molecule has 2 atom stereocenters. The van der Waals surface area contributed by atoms with E-state index in [2.05, 4.69) is 24.0 Å². The van der Waals surface area contributed by atoms with Crippen LogP contribution in [0.15, 0.2) is 4.99 Å². The molecule has 0 aromatic heterocycles. The van der Waals surface area contributed by atoms with Gasteiger partial charge in [-0.15, -0.1) is 0 Å². The molecule has 0 bridgehead atoms. The topological polar surface area (TPSA) is 24.4 Å². The third-order valence-corrected chi connectivity index (χ3v) is 5.33. The predicted molar refractivity (Wildman–Crippen MR) is 72.1 cm³/mol. The van der Waals surface area contributed by atoms with Crippen LogP contribution in [0.1, 0.15) is 32.6 Å². The Kier molecular flexibility index (Phi) is 4.69. The van der Waals surface area contributed by atoms with Crippen molar-refractivity contribution in [1.82, 2.24) is 5.32 Å². The molecule has 1 N–H and O–H groups in total. The smallest absolute Gasteiger partial charge is 0.156 e. The van der Waals surface area contributed by atoms with E-state index in [1.54, 1.807) is 0 Å². The summed E-state index contributed by atoms with van der Waals surface area (Å²) in [5.74, 6) is 2.58. The van der Waals surface area contributed by atoms with Gasteiger partial charge < -0.3 is 5.32 Å². The summed E-state index contributed by atoms with van der Waals surface area (Å²) in [6.07, 6.45) is 5.26. The zero-order valence-corrected chi connectivity index (χ0v) is 11.0. The van der Waals surface area contributed by atoms with Crippen molar-refractivity contribution in [2.24, 2.45) is 4.99 Å². The predicted octanol–water partition coefficient (Wildman–Crippen LogP) is 2.74. The highest BCUT2D eigenvalue weighted by Gasteiger charge is 2.18. The van der Waals surface area contributed by atoms with E-state index in [0.29, 0.717) is 6.04 Å². The van der Waals surface area contributed by atoms with Gasteiger partial charge in [0.2, 0.25) is 0 Å². The van der Waals surface area contributed by atoms with Crippen LogP contribution in [0.4, 0.5) is 0 Å². The van der Waals surface area contributed by atoms with E-state index in [4.69, 9.17) is 4.99 Å². The summed E-state index contributed by atoms with van der Waals surface area (Å²) < 4.78 is 0. The van der Waals surface area contributed by atoms with Gasteiger partial charge in [0, 0.05) is 17.0 Å². The highest BCUT2D eigenvalue weighted by molar-refractivity contribution is 8.13. The fourth-order valence-electron chi connectivity index (χ4n) is 1.96. The third kappa shape index (κ3) is 3.59. The molecule has 0 aromatic rings. The van der Waals surface area contributed by atoms with E-state index in [1.807, 2.05) is 11.8 Å². The average molecular weight is 244 g/mol. The minimum Gasteiger partial charge on any atom is -0.362 e. The van der Waals surface area contributed by atoms with Gasteiger partial charge in [-0.3, -0.25) is 4.99 Å². The highest BCUT2D eigenvalue weighted by Crippen LogP contribution is 2.26. The molecule has 86 valence electrons. The van der Waals surface area contributed by atoms with Gasteiger partial charge in [0.25, 0.3) is 0 Å². The number of amidine groups is 1. The average Bonchev–Trinajstić information content (AvgIpc) is 2.79. The summed E-state index contributed by atoms with van der Waals surface area (Å²) in [7, 11) is 0. The fraction of sp³-hybridized carbons (Fsp3) is 0.909. The number of rotatable bonds is 3. The number of nitrogens with zero attached hydrogens (tertiary/aromatic N) is 1. The first-order valence-electron chi connectivity index (χ1n) is 5.94. The summed E-state index contributed by atoms with van der Waals surface area (Å²) in [4.78, 5) is 4.71. The zero-order valence-electron chi connectivity index (χ0n) is 9.37. The van der Waals surface area contributed by atoms with Crippen molar-refractivity contribution >= 4 is 28.7 Å². The van der Waals surface area contributed by atoms with Gasteiger partial charge >= 0.3 is 0 Å². The van der Waals surface area contributed by atoms with Crippen LogP contribution in [0, 0.1) is 0 Å². The molecular weight excluding hydrogens is 224 g/mol. The van der Waals surface area contributed by atoms with E-state index in [0.717, 1.165) is 11.8 Å². The van der Waals surface area contributed by atoms with E-state index in [-0.39, 0.29) is 0 Å². The van der Waals surface area contributed by atoms with E-state index >= 15 is 0 Å². The maximum Gasteiger partial charge on any atom is 0.156 e. The third-order valence-electron chi connectivity index (χ3n) is 2.99. The Bertz CT molecular complexity index is 225. The molecule has 0 aromatic carbocycles. The molecule has 0 spiro atoms. The summed E-state index contributed by atoms with van der Waals surface area (Å²) >= 11 is 3.99. The number of hydrogen-bond acceptors (Lipinski definition) is 3. The number of hydrogen-bond donors (Lipinski definition) is 1. The highest BCUT2D eigenvalue weighted by atomic mass is 32.2. The first kappa shape index (κ1) is 11.6. The van der Waals surface area contributed by atoms with Crippen molar-refractivity contribution in [2.45, 2.75) is 43.9 Å². The van der Waals surface area contributed by atoms with Crippen molar-refractivity contribution in [3.8, 4) is 0 Å². The molecule has 0 saturated carbocycles. The van der Waals surface area contributed by atoms with Gasteiger partial charge in [-0.2, -0.15) is 11.8 Å². The molecule has 2 aliphatic heterocycles. The molecule has 2 aliphatic rings. The second-order valence-corrected chi connectivity index (χ2v) is 6.66. The van der Waals surface area contributed by atoms with Crippen LogP contribution in [-0.2, 0) is 0 Å². The molecule has 2 rings (SSSR count). The van der Waals surface area contributed by atoms with Crippen molar-refractivity contribution in [3.63, 3.8) is 0 Å². The first-order chi connectivity index (χ1) is 7.38. The first-order valence-corrected chi connectivity index (χ1v) is 7.97. The Labute approximate surface area is 101 Å². The SMILES string of the molecule is CCC1CCSC(=NCC2CCCS2)N1. The van der Waals surface area contributed by atoms with Crippen LogP contribution in [0.2, 0.25) is 0 Å². The quantitative estimate of drug-likeness (QED) is 0.826. The van der Waals surface area contributed by atoms with E-state index in [1.165, 1.54) is 42.4 Å². The Balaban J connectivity index is 1.78. The van der Waals surface area contributed by atoms with Crippen LogP contribution in [0.3, 0.4) is 0 Å². The van der Waals surface area contributed by atoms with Crippen molar-refractivity contribution in [3.05, 3.63) is 0 Å². The minimum absolute atomic E-state index is 0.668. The largest absolute Gasteiger partial charge is 0.362 e. The molecule has 2 saturated heterocycles. The van der Waals surface area contributed by atoms with Crippen molar-refractivity contribution in [2.75, 3.05) is 18.1 Å². The lowest BCUT2D eigenvalue weighted by Gasteiger charge is -2.24. The standard InChI is InChI=1S/C11H20N2S2/c1-2-9-5-7-15-11(13-9)12-8-10-4-3-6-14-10/h9-10H,2-8H2,1H3,(H,12,13). The van der Waals surface area contributed by atoms with Gasteiger partial charge in [-0.05, 0) is 31.4 Å². The Morgan fingerprint density at radius 3 is 3.07 bits per heavy atom. The van der Waals surface area contributed by atoms with Crippen LogP contribution in [0.5, 0.6) is 0 Å². The summed E-state index contributed by atoms with van der Waals surface area (Å²) in [5.41, 5.74) is 0. The van der Waals surface area contributed by atoms with Gasteiger partial charge in [-0.25, -0.2) is 0 Å². The number of aliphatic imine (C=N–C) groups is 1. The van der Waals surface area contributed by atoms with Gasteiger partial charge in [0.15, 0.2) is 5.17 Å². The summed E-state index contributed by atoms with van der Waals surface area (Å²) in [6.45, 7) is 3.27. The zero-order chi connectivity index (χ0) is 10.5. The number of nitrogens with one attached hydrogen (secondary N) is 1. The van der Waals surface area contributed by atoms with Crippen LogP contribution in [0.25, 0.3) is 0 Å². The minimum atomic E-state index is 0.668. The van der Waals surface area contributed by atoms with Crippen molar-refractivity contribution in [1.29, 1.82) is 0 Å². The summed E-state index contributed by atoms with van der Waals surface area (Å²) in [5, 5.41) is 5.52. The van der Waals surface area contributed by atoms with Gasteiger partial charge in [-0.1, -0.05) is 18.7 Å². The van der Waals surface area contributed by atoms with Crippen LogP contribution >= 0.6 is 23.5 Å². The van der Waals surface area contributed by atoms with E-state index in [9.17, 15) is 0 Å². The Hall–Kier alpha value is 0.170. The molecule has 15 heavy (non-hydrogen) atoms. The monoisotopic (exact) mass is 244 g/mol. The maximum absolute atomic E-state index is 4.71. The molecule has 4 heteroatoms. The molecule has 2 fully saturated rings. The molecule has 0 aliphatic carbocycles. The fourth-order valence-corrected chi connectivity index (χ4v) is 4.15.